The second-order valence-electron chi connectivity index (χ2n) is 7.79. The molecule has 2 aromatic carbocycles. The predicted molar refractivity (Wildman–Crippen MR) is 154 cm³/mol. The van der Waals surface area contributed by atoms with Crippen LogP contribution in [0.5, 0.6) is 0 Å². The van der Waals surface area contributed by atoms with Gasteiger partial charge in [0.1, 0.15) is 0 Å². The van der Waals surface area contributed by atoms with Crippen LogP contribution in [0.2, 0.25) is 0 Å². The molecule has 0 aliphatic carbocycles. The van der Waals surface area contributed by atoms with Crippen molar-refractivity contribution in [1.29, 1.82) is 0 Å². The summed E-state index contributed by atoms with van der Waals surface area (Å²) in [6, 6.07) is 21.4. The zero-order valence-electron chi connectivity index (χ0n) is 23.3. The number of rotatable bonds is 7. The highest BCUT2D eigenvalue weighted by Crippen LogP contribution is 2.25. The fourth-order valence-corrected chi connectivity index (χ4v) is 3.41. The molecule has 0 bridgehead atoms. The molecule has 0 atom stereocenters. The number of benzene rings is 2. The Labute approximate surface area is 210 Å². The molecule has 0 N–H and O–H groups in total. The maximum absolute atomic E-state index is 4.40. The third-order valence-corrected chi connectivity index (χ3v) is 5.23. The first-order valence-electron chi connectivity index (χ1n) is 12.9. The van der Waals surface area contributed by atoms with E-state index in [1.807, 2.05) is 46.9 Å². The van der Waals surface area contributed by atoms with E-state index in [1.165, 1.54) is 22.3 Å². The van der Waals surface area contributed by atoms with Gasteiger partial charge in [-0.1, -0.05) is 109 Å². The molecule has 0 saturated carbocycles. The van der Waals surface area contributed by atoms with E-state index in [2.05, 4.69) is 98.8 Å². The molecule has 0 aliphatic rings. The highest BCUT2D eigenvalue weighted by atomic mass is 15.1. The molecule has 0 unspecified atom stereocenters. The van der Waals surface area contributed by atoms with Gasteiger partial charge in [0, 0.05) is 18.4 Å². The zero-order valence-corrected chi connectivity index (χ0v) is 23.3. The Bertz CT molecular complexity index is 926. The third-order valence-electron chi connectivity index (χ3n) is 5.23. The fourth-order valence-electron chi connectivity index (χ4n) is 3.41. The van der Waals surface area contributed by atoms with Gasteiger partial charge in [0.25, 0.3) is 0 Å². The van der Waals surface area contributed by atoms with Crippen molar-refractivity contribution in [3.05, 3.63) is 107 Å². The van der Waals surface area contributed by atoms with Crippen LogP contribution in [0.25, 0.3) is 0 Å². The minimum atomic E-state index is 0.845. The van der Waals surface area contributed by atoms with Crippen LogP contribution in [-0.2, 0) is 19.4 Å². The molecule has 0 radical (unpaired) electrons. The summed E-state index contributed by atoms with van der Waals surface area (Å²) in [6.07, 6.45) is 5.25. The van der Waals surface area contributed by atoms with Gasteiger partial charge in [-0.25, -0.2) is 0 Å². The monoisotopic (exact) mass is 460 g/mol. The van der Waals surface area contributed by atoms with Crippen molar-refractivity contribution in [3.8, 4) is 0 Å². The summed E-state index contributed by atoms with van der Waals surface area (Å²) < 4.78 is 0. The summed E-state index contributed by atoms with van der Waals surface area (Å²) in [6.45, 7) is 23.6. The van der Waals surface area contributed by atoms with Crippen LogP contribution in [-0.4, -0.2) is 4.98 Å². The van der Waals surface area contributed by atoms with E-state index in [4.69, 9.17) is 0 Å². The van der Waals surface area contributed by atoms with Gasteiger partial charge in [-0.15, -0.1) is 0 Å². The molecule has 0 saturated heterocycles. The topological polar surface area (TPSA) is 16.1 Å². The van der Waals surface area contributed by atoms with E-state index in [-0.39, 0.29) is 0 Å². The van der Waals surface area contributed by atoms with E-state index in [1.54, 1.807) is 0 Å². The van der Waals surface area contributed by atoms with Crippen molar-refractivity contribution >= 4 is 5.69 Å². The molecule has 2 nitrogen and oxygen atoms in total. The lowest BCUT2D eigenvalue weighted by Crippen LogP contribution is -2.21. The van der Waals surface area contributed by atoms with Crippen LogP contribution in [0.3, 0.4) is 0 Å². The average Bonchev–Trinajstić information content (AvgIpc) is 2.87. The van der Waals surface area contributed by atoms with E-state index in [9.17, 15) is 0 Å². The quantitative estimate of drug-likeness (QED) is 0.349. The Morgan fingerprint density at radius 1 is 0.824 bits per heavy atom. The maximum Gasteiger partial charge on any atom is 0.0627 e. The van der Waals surface area contributed by atoms with Crippen molar-refractivity contribution in [1.82, 2.24) is 4.98 Å². The SMILES string of the molecule is C=C(C)N(Cc1ccccc1CCC)c1cccnc1C.CC.CC.CCc1ccc(C)cc1. The van der Waals surface area contributed by atoms with E-state index >= 15 is 0 Å². The number of hydrogen-bond donors (Lipinski definition) is 0. The van der Waals surface area contributed by atoms with Crippen molar-refractivity contribution in [3.63, 3.8) is 0 Å². The molecular weight excluding hydrogens is 412 g/mol. The van der Waals surface area contributed by atoms with Crippen molar-refractivity contribution in [2.45, 2.75) is 88.1 Å². The Kier molecular flexibility index (Phi) is 17.0. The van der Waals surface area contributed by atoms with Crippen LogP contribution in [0, 0.1) is 13.8 Å². The molecular formula is C32H48N2. The summed E-state index contributed by atoms with van der Waals surface area (Å²) in [5.41, 5.74) is 8.76. The average molecular weight is 461 g/mol. The second kappa shape index (κ2) is 18.5. The van der Waals surface area contributed by atoms with Gasteiger partial charge in [-0.3, -0.25) is 4.98 Å². The highest BCUT2D eigenvalue weighted by Gasteiger charge is 2.13. The molecule has 2 heteroatoms. The lowest BCUT2D eigenvalue weighted by atomic mass is 10.0. The van der Waals surface area contributed by atoms with Crippen molar-refractivity contribution in [2.75, 3.05) is 4.90 Å². The van der Waals surface area contributed by atoms with Crippen LogP contribution in [0.4, 0.5) is 5.69 Å². The Hall–Kier alpha value is -2.87. The molecule has 1 heterocycles. The first-order chi connectivity index (χ1) is 16.5. The van der Waals surface area contributed by atoms with Crippen molar-refractivity contribution in [2.24, 2.45) is 0 Å². The number of hydrogen-bond acceptors (Lipinski definition) is 2. The fraction of sp³-hybridized carbons (Fsp3) is 0.406. The molecule has 0 amide bonds. The van der Waals surface area contributed by atoms with Crippen LogP contribution < -0.4 is 4.90 Å². The molecule has 34 heavy (non-hydrogen) atoms. The normalized spacial score (nSPS) is 9.32. The molecule has 0 aliphatic heterocycles. The van der Waals surface area contributed by atoms with E-state index in [0.29, 0.717) is 0 Å². The van der Waals surface area contributed by atoms with Crippen LogP contribution >= 0.6 is 0 Å². The summed E-state index contributed by atoms with van der Waals surface area (Å²) in [5, 5.41) is 0. The van der Waals surface area contributed by atoms with Crippen LogP contribution in [0.1, 0.15) is 82.8 Å². The lowest BCUT2D eigenvalue weighted by Gasteiger charge is -2.27. The number of anilines is 1. The second-order valence-corrected chi connectivity index (χ2v) is 7.79. The highest BCUT2D eigenvalue weighted by molar-refractivity contribution is 5.55. The number of allylic oxidation sites excluding steroid dienone is 1. The first-order valence-corrected chi connectivity index (χ1v) is 12.9. The van der Waals surface area contributed by atoms with Gasteiger partial charge in [0.15, 0.2) is 0 Å². The number of aromatic nitrogens is 1. The van der Waals surface area contributed by atoms with Gasteiger partial charge in [-0.2, -0.15) is 0 Å². The minimum Gasteiger partial charge on any atom is -0.340 e. The van der Waals surface area contributed by atoms with Gasteiger partial charge in [0.2, 0.25) is 0 Å². The first kappa shape index (κ1) is 31.1. The smallest absolute Gasteiger partial charge is 0.0627 e. The Balaban J connectivity index is 0.000000698. The minimum absolute atomic E-state index is 0.845. The van der Waals surface area contributed by atoms with Crippen LogP contribution in [0.15, 0.2) is 79.1 Å². The number of nitrogens with zero attached hydrogens (tertiary/aromatic N) is 2. The Morgan fingerprint density at radius 3 is 1.91 bits per heavy atom. The van der Waals surface area contributed by atoms with Gasteiger partial charge >= 0.3 is 0 Å². The molecule has 0 spiro atoms. The molecule has 0 fully saturated rings. The van der Waals surface area contributed by atoms with Gasteiger partial charge < -0.3 is 4.90 Å². The summed E-state index contributed by atoms with van der Waals surface area (Å²) in [5.74, 6) is 0. The zero-order chi connectivity index (χ0) is 25.9. The summed E-state index contributed by atoms with van der Waals surface area (Å²) in [7, 11) is 0. The molecule has 3 aromatic rings. The van der Waals surface area contributed by atoms with Crippen molar-refractivity contribution < 1.29 is 0 Å². The standard InChI is InChI=1S/C19H24N2.C9H12.2C2H6/c1-5-9-17-10-6-7-11-18(17)14-21(15(2)3)19-12-8-13-20-16(19)4;1-3-9-6-4-8(2)5-7-9;2*1-2/h6-8,10-13H,2,5,9,14H2,1,3-4H3;4-7H,3H2,1-2H3;2*1-2H3. The van der Waals surface area contributed by atoms with Gasteiger partial charge in [0.05, 0.1) is 11.4 Å². The number of aryl methyl sites for hydroxylation is 4. The van der Waals surface area contributed by atoms with E-state index in [0.717, 1.165) is 42.9 Å². The molecule has 186 valence electrons. The predicted octanol–water partition coefficient (Wildman–Crippen LogP) is 9.49. The molecule has 3 rings (SSSR count). The summed E-state index contributed by atoms with van der Waals surface area (Å²) >= 11 is 0. The maximum atomic E-state index is 4.40. The van der Waals surface area contributed by atoms with E-state index < -0.39 is 0 Å². The number of pyridine rings is 1. The summed E-state index contributed by atoms with van der Waals surface area (Å²) in [4.78, 5) is 6.65. The Morgan fingerprint density at radius 2 is 1.41 bits per heavy atom. The largest absolute Gasteiger partial charge is 0.340 e. The molecule has 1 aromatic heterocycles. The van der Waals surface area contributed by atoms with Gasteiger partial charge in [-0.05, 0) is 62.4 Å². The lowest BCUT2D eigenvalue weighted by molar-refractivity contribution is 0.856. The third kappa shape index (κ3) is 10.8.